The van der Waals surface area contributed by atoms with Gasteiger partial charge in [0, 0.05) is 11.8 Å². The molecule has 0 aromatic rings. The van der Waals surface area contributed by atoms with Crippen LogP contribution in [0.25, 0.3) is 0 Å². The summed E-state index contributed by atoms with van der Waals surface area (Å²) in [6.07, 6.45) is 1.24. The predicted molar refractivity (Wildman–Crippen MR) is 37.4 cm³/mol. The van der Waals surface area contributed by atoms with Crippen molar-refractivity contribution in [3.63, 3.8) is 0 Å². The first-order valence-electron chi connectivity index (χ1n) is 2.34. The van der Waals surface area contributed by atoms with Crippen molar-refractivity contribution in [1.82, 2.24) is 0 Å². The Bertz CT molecular complexity index is 170. The molecule has 0 bridgehead atoms. The molecule has 0 unspecified atom stereocenters. The maximum Gasteiger partial charge on any atom is 0.139 e. The van der Waals surface area contributed by atoms with Crippen LogP contribution >= 0.6 is 0 Å². The quantitative estimate of drug-likeness (QED) is 0.370. The highest BCUT2D eigenvalue weighted by molar-refractivity contribution is 5.25. The van der Waals surface area contributed by atoms with E-state index in [0.29, 0.717) is 0 Å². The number of hydrogen-bond donors (Lipinski definition) is 3. The van der Waals surface area contributed by atoms with Crippen molar-refractivity contribution in [2.45, 2.75) is 0 Å². The Morgan fingerprint density at radius 1 is 1.33 bits per heavy atom. The topological polar surface area (TPSA) is 72.3 Å². The van der Waals surface area contributed by atoms with Crippen LogP contribution in [0.2, 0.25) is 0 Å². The van der Waals surface area contributed by atoms with Crippen molar-refractivity contribution in [2.75, 3.05) is 0 Å². The molecule has 0 heterocycles. The van der Waals surface area contributed by atoms with Crippen molar-refractivity contribution in [3.8, 4) is 0 Å². The van der Waals surface area contributed by atoms with E-state index in [-0.39, 0.29) is 17.2 Å². The van der Waals surface area contributed by atoms with E-state index in [1.54, 1.807) is 0 Å². The molecule has 3 heteroatoms. The van der Waals surface area contributed by atoms with Crippen LogP contribution in [0, 0.1) is 0 Å². The summed E-state index contributed by atoms with van der Waals surface area (Å²) in [5.74, 6) is -0.137. The Balaban J connectivity index is 4.17. The van der Waals surface area contributed by atoms with Crippen molar-refractivity contribution >= 4 is 0 Å². The third-order valence-corrected chi connectivity index (χ3v) is 0.651. The normalized spacial score (nSPS) is 10.9. The first-order chi connectivity index (χ1) is 4.04. The van der Waals surface area contributed by atoms with E-state index in [1.807, 2.05) is 0 Å². The molecule has 0 amide bonds. The number of hydrogen-bond acceptors (Lipinski definition) is 3. The molecule has 0 aliphatic rings. The van der Waals surface area contributed by atoms with Crippen LogP contribution in [0.15, 0.2) is 36.4 Å². The van der Waals surface area contributed by atoms with E-state index >= 15 is 0 Å². The van der Waals surface area contributed by atoms with Crippen LogP contribution in [-0.4, -0.2) is 5.11 Å². The van der Waals surface area contributed by atoms with Crippen molar-refractivity contribution < 1.29 is 5.11 Å². The van der Waals surface area contributed by atoms with Crippen LogP contribution in [0.5, 0.6) is 0 Å². The summed E-state index contributed by atoms with van der Waals surface area (Å²) in [5.41, 5.74) is 10.5. The first-order valence-corrected chi connectivity index (χ1v) is 2.34. The molecule has 50 valence electrons. The van der Waals surface area contributed by atoms with Gasteiger partial charge < -0.3 is 16.6 Å². The highest BCUT2D eigenvalue weighted by Crippen LogP contribution is 1.96. The summed E-state index contributed by atoms with van der Waals surface area (Å²) in [5, 5.41) is 8.79. The Morgan fingerprint density at radius 2 is 1.78 bits per heavy atom. The maximum atomic E-state index is 8.79. The summed E-state index contributed by atoms with van der Waals surface area (Å²) in [4.78, 5) is 0. The van der Waals surface area contributed by atoms with E-state index in [4.69, 9.17) is 16.6 Å². The van der Waals surface area contributed by atoms with Gasteiger partial charge in [-0.1, -0.05) is 13.2 Å². The summed E-state index contributed by atoms with van der Waals surface area (Å²) < 4.78 is 0. The SMILES string of the molecule is C=C(N)/C=C(/O)C(=C)N. The van der Waals surface area contributed by atoms with Crippen LogP contribution in [0.4, 0.5) is 0 Å². The standard InChI is InChI=1S/C6H10N2O/c1-4(7)3-6(9)5(2)8/h3,9H,1-2,7-8H2/b6-3+. The fourth-order valence-electron chi connectivity index (χ4n) is 0.268. The first kappa shape index (κ1) is 7.62. The molecule has 0 aromatic carbocycles. The highest BCUT2D eigenvalue weighted by atomic mass is 16.3. The lowest BCUT2D eigenvalue weighted by atomic mass is 10.3. The Kier molecular flexibility index (Phi) is 2.38. The minimum absolute atomic E-state index is 0.0848. The van der Waals surface area contributed by atoms with E-state index < -0.39 is 0 Å². The van der Waals surface area contributed by atoms with E-state index in [1.165, 1.54) is 6.08 Å². The van der Waals surface area contributed by atoms with Gasteiger partial charge in [-0.3, -0.25) is 0 Å². The van der Waals surface area contributed by atoms with Gasteiger partial charge in [0.2, 0.25) is 0 Å². The Labute approximate surface area is 54.0 Å². The van der Waals surface area contributed by atoms with Crippen molar-refractivity contribution in [1.29, 1.82) is 0 Å². The summed E-state index contributed by atoms with van der Waals surface area (Å²) in [7, 11) is 0. The van der Waals surface area contributed by atoms with Crippen LogP contribution < -0.4 is 11.5 Å². The lowest BCUT2D eigenvalue weighted by Crippen LogP contribution is -2.00. The van der Waals surface area contributed by atoms with E-state index in [0.717, 1.165) is 0 Å². The third kappa shape index (κ3) is 3.22. The second-order valence-corrected chi connectivity index (χ2v) is 1.63. The van der Waals surface area contributed by atoms with Gasteiger partial charge >= 0.3 is 0 Å². The molecule has 0 atom stereocenters. The molecule has 5 N–H and O–H groups in total. The van der Waals surface area contributed by atoms with Gasteiger partial charge in [0.1, 0.15) is 5.76 Å². The molecule has 0 aliphatic heterocycles. The second kappa shape index (κ2) is 2.81. The molecule has 0 saturated carbocycles. The average molecular weight is 126 g/mol. The van der Waals surface area contributed by atoms with Gasteiger partial charge in [-0.15, -0.1) is 0 Å². The molecule has 0 aromatic heterocycles. The minimum atomic E-state index is -0.137. The van der Waals surface area contributed by atoms with Crippen LogP contribution in [0.3, 0.4) is 0 Å². The smallest absolute Gasteiger partial charge is 0.139 e. The molecule has 0 rings (SSSR count). The fourth-order valence-corrected chi connectivity index (χ4v) is 0.268. The Hall–Kier alpha value is -1.38. The van der Waals surface area contributed by atoms with Crippen molar-refractivity contribution in [2.24, 2.45) is 11.5 Å². The second-order valence-electron chi connectivity index (χ2n) is 1.63. The molecule has 0 fully saturated rings. The molecule has 0 aliphatic carbocycles. The number of rotatable bonds is 2. The maximum absolute atomic E-state index is 8.79. The van der Waals surface area contributed by atoms with E-state index in [2.05, 4.69) is 13.2 Å². The van der Waals surface area contributed by atoms with Crippen molar-refractivity contribution in [3.05, 3.63) is 36.4 Å². The lowest BCUT2D eigenvalue weighted by molar-refractivity contribution is 0.422. The van der Waals surface area contributed by atoms with Crippen LogP contribution in [0.1, 0.15) is 0 Å². The van der Waals surface area contributed by atoms with Gasteiger partial charge in [-0.25, -0.2) is 0 Å². The zero-order chi connectivity index (χ0) is 7.44. The summed E-state index contributed by atoms with van der Waals surface area (Å²) in [6.45, 7) is 6.59. The lowest BCUT2D eigenvalue weighted by Gasteiger charge is -1.95. The van der Waals surface area contributed by atoms with Gasteiger partial charge in [0.25, 0.3) is 0 Å². The zero-order valence-corrected chi connectivity index (χ0v) is 5.09. The monoisotopic (exact) mass is 126 g/mol. The van der Waals surface area contributed by atoms with Gasteiger partial charge in [-0.2, -0.15) is 0 Å². The molecule has 0 spiro atoms. The molecular formula is C6H10N2O. The molecular weight excluding hydrogens is 116 g/mol. The van der Waals surface area contributed by atoms with Gasteiger partial charge in [0.15, 0.2) is 0 Å². The number of aliphatic hydroxyl groups excluding tert-OH is 1. The number of allylic oxidation sites excluding steroid dienone is 1. The van der Waals surface area contributed by atoms with E-state index in [9.17, 15) is 0 Å². The molecule has 0 radical (unpaired) electrons. The average Bonchev–Trinajstić information content (AvgIpc) is 1.63. The summed E-state index contributed by atoms with van der Waals surface area (Å²) >= 11 is 0. The van der Waals surface area contributed by atoms with Crippen LogP contribution in [-0.2, 0) is 0 Å². The van der Waals surface area contributed by atoms with Gasteiger partial charge in [-0.05, 0) is 0 Å². The number of aliphatic hydroxyl groups is 1. The number of nitrogens with two attached hydrogens (primary N) is 2. The highest BCUT2D eigenvalue weighted by Gasteiger charge is 1.91. The zero-order valence-electron chi connectivity index (χ0n) is 5.09. The third-order valence-electron chi connectivity index (χ3n) is 0.651. The fraction of sp³-hybridized carbons (Fsp3) is 0. The van der Waals surface area contributed by atoms with Gasteiger partial charge in [0.05, 0.1) is 5.70 Å². The molecule has 3 nitrogen and oxygen atoms in total. The minimum Gasteiger partial charge on any atom is -0.506 e. The molecule has 0 saturated heterocycles. The predicted octanol–water partition coefficient (Wildman–Crippen LogP) is 0.373. The molecule has 9 heavy (non-hydrogen) atoms. The Morgan fingerprint density at radius 3 is 1.89 bits per heavy atom. The summed E-state index contributed by atoms with van der Waals surface area (Å²) in [6, 6.07) is 0. The largest absolute Gasteiger partial charge is 0.506 e.